The summed E-state index contributed by atoms with van der Waals surface area (Å²) >= 11 is 1.53. The van der Waals surface area contributed by atoms with Crippen molar-refractivity contribution in [2.24, 2.45) is 0 Å². The molecule has 0 saturated carbocycles. The first kappa shape index (κ1) is 13.8. The summed E-state index contributed by atoms with van der Waals surface area (Å²) in [5.41, 5.74) is 0.805. The van der Waals surface area contributed by atoms with Gasteiger partial charge in [0.05, 0.1) is 11.8 Å². The van der Waals surface area contributed by atoms with Crippen molar-refractivity contribution >= 4 is 29.0 Å². The molecule has 2 amide bonds. The Morgan fingerprint density at radius 3 is 2.79 bits per heavy atom. The number of piperidine rings is 1. The van der Waals surface area contributed by atoms with E-state index in [-0.39, 0.29) is 18.7 Å². The van der Waals surface area contributed by atoms with E-state index in [1.54, 1.807) is 4.90 Å². The number of thiophene rings is 1. The van der Waals surface area contributed by atoms with Crippen LogP contribution in [-0.2, 0) is 9.53 Å². The van der Waals surface area contributed by atoms with Gasteiger partial charge in [0.25, 0.3) is 0 Å². The summed E-state index contributed by atoms with van der Waals surface area (Å²) in [6.45, 7) is 0.895. The normalized spacial score (nSPS) is 16.3. The maximum Gasteiger partial charge on any atom is 0.329 e. The lowest BCUT2D eigenvalue weighted by atomic mass is 10.1. The van der Waals surface area contributed by atoms with Gasteiger partial charge in [-0.25, -0.2) is 9.59 Å². The number of rotatable bonds is 4. The molecular formula is C12H16N2O4S. The van der Waals surface area contributed by atoms with Crippen LogP contribution < -0.4 is 5.32 Å². The summed E-state index contributed by atoms with van der Waals surface area (Å²) in [6, 6.07) is 1.74. The molecule has 1 aliphatic rings. The van der Waals surface area contributed by atoms with E-state index >= 15 is 0 Å². The molecule has 6 nitrogen and oxygen atoms in total. The molecule has 1 aromatic heterocycles. The number of nitrogens with zero attached hydrogens (tertiary/aromatic N) is 1. The topological polar surface area (TPSA) is 78.9 Å². The van der Waals surface area contributed by atoms with Gasteiger partial charge in [-0.1, -0.05) is 0 Å². The van der Waals surface area contributed by atoms with E-state index in [1.165, 1.54) is 11.3 Å². The summed E-state index contributed by atoms with van der Waals surface area (Å²) < 4.78 is 5.22. The fourth-order valence-corrected chi connectivity index (χ4v) is 2.54. The molecule has 1 aromatic rings. The fourth-order valence-electron chi connectivity index (χ4n) is 1.95. The minimum absolute atomic E-state index is 0.0682. The van der Waals surface area contributed by atoms with E-state index in [1.807, 2.05) is 16.8 Å². The van der Waals surface area contributed by atoms with Crippen molar-refractivity contribution in [3.63, 3.8) is 0 Å². The van der Waals surface area contributed by atoms with Crippen LogP contribution in [0.25, 0.3) is 0 Å². The zero-order valence-corrected chi connectivity index (χ0v) is 11.2. The van der Waals surface area contributed by atoms with Gasteiger partial charge in [0.15, 0.2) is 0 Å². The van der Waals surface area contributed by atoms with Crippen LogP contribution in [0.15, 0.2) is 16.8 Å². The van der Waals surface area contributed by atoms with Gasteiger partial charge in [0.1, 0.15) is 6.61 Å². The standard InChI is InChI=1S/C12H16N2O4S/c15-11(16)7-18-10-1-4-14(5-2-10)12(17)13-9-3-6-19-8-9/h3,6,8,10H,1-2,4-5,7H2,(H,13,17)(H,15,16). The first-order valence-electron chi connectivity index (χ1n) is 6.06. The maximum absolute atomic E-state index is 11.9. The van der Waals surface area contributed by atoms with Crippen LogP contribution in [0.1, 0.15) is 12.8 Å². The SMILES string of the molecule is O=C(O)COC1CCN(C(=O)Nc2ccsc2)CC1. The zero-order chi connectivity index (χ0) is 13.7. The molecule has 1 aliphatic heterocycles. The van der Waals surface area contributed by atoms with Crippen LogP contribution in [0.2, 0.25) is 0 Å². The number of aliphatic carboxylic acids is 1. The van der Waals surface area contributed by atoms with Gasteiger partial charge in [-0.05, 0) is 24.3 Å². The first-order valence-corrected chi connectivity index (χ1v) is 7.01. The first-order chi connectivity index (χ1) is 9.15. The average Bonchev–Trinajstić information content (AvgIpc) is 2.89. The molecule has 0 atom stereocenters. The third-order valence-corrected chi connectivity index (χ3v) is 3.63. The van der Waals surface area contributed by atoms with Gasteiger partial charge in [-0.15, -0.1) is 0 Å². The number of carbonyl (C=O) groups is 2. The van der Waals surface area contributed by atoms with E-state index < -0.39 is 5.97 Å². The summed E-state index contributed by atoms with van der Waals surface area (Å²) in [5.74, 6) is -0.961. The minimum Gasteiger partial charge on any atom is -0.480 e. The number of hydrogen-bond donors (Lipinski definition) is 2. The molecular weight excluding hydrogens is 268 g/mol. The Hall–Kier alpha value is -1.60. The Morgan fingerprint density at radius 2 is 2.21 bits per heavy atom. The Balaban J connectivity index is 1.73. The molecule has 0 aliphatic carbocycles. The molecule has 0 bridgehead atoms. The van der Waals surface area contributed by atoms with Gasteiger partial charge in [-0.2, -0.15) is 11.3 Å². The van der Waals surface area contributed by atoms with Crippen LogP contribution in [0.5, 0.6) is 0 Å². The van der Waals surface area contributed by atoms with E-state index in [2.05, 4.69) is 5.32 Å². The molecule has 1 fully saturated rings. The Labute approximate surface area is 115 Å². The third-order valence-electron chi connectivity index (χ3n) is 2.94. The van der Waals surface area contributed by atoms with Crippen LogP contribution in [-0.4, -0.2) is 47.8 Å². The highest BCUT2D eigenvalue weighted by molar-refractivity contribution is 7.08. The number of anilines is 1. The molecule has 1 saturated heterocycles. The number of hydrogen-bond acceptors (Lipinski definition) is 4. The van der Waals surface area contributed by atoms with Crippen molar-refractivity contribution in [2.75, 3.05) is 25.0 Å². The lowest BCUT2D eigenvalue weighted by molar-refractivity contribution is -0.145. The van der Waals surface area contributed by atoms with Gasteiger partial charge in [0.2, 0.25) is 0 Å². The number of likely N-dealkylation sites (tertiary alicyclic amines) is 1. The summed E-state index contributed by atoms with van der Waals surface area (Å²) in [4.78, 5) is 24.0. The summed E-state index contributed by atoms with van der Waals surface area (Å²) in [7, 11) is 0. The molecule has 0 spiro atoms. The van der Waals surface area contributed by atoms with Crippen molar-refractivity contribution in [3.05, 3.63) is 16.8 Å². The van der Waals surface area contributed by atoms with E-state index in [4.69, 9.17) is 9.84 Å². The largest absolute Gasteiger partial charge is 0.480 e. The Morgan fingerprint density at radius 1 is 1.47 bits per heavy atom. The number of carboxylic acids is 1. The second-order valence-corrected chi connectivity index (χ2v) is 5.11. The average molecular weight is 284 g/mol. The van der Waals surface area contributed by atoms with Crippen molar-refractivity contribution in [2.45, 2.75) is 18.9 Å². The molecule has 104 valence electrons. The Kier molecular flexibility index (Phi) is 4.75. The van der Waals surface area contributed by atoms with Crippen molar-refractivity contribution in [1.29, 1.82) is 0 Å². The number of carbonyl (C=O) groups excluding carboxylic acids is 1. The number of amides is 2. The third kappa shape index (κ3) is 4.22. The fraction of sp³-hybridized carbons (Fsp3) is 0.500. The lowest BCUT2D eigenvalue weighted by Crippen LogP contribution is -2.43. The van der Waals surface area contributed by atoms with Gasteiger partial charge in [-0.3, -0.25) is 0 Å². The predicted octanol–water partition coefficient (Wildman–Crippen LogP) is 1.85. The monoisotopic (exact) mass is 284 g/mol. The molecule has 2 N–H and O–H groups in total. The highest BCUT2D eigenvalue weighted by Crippen LogP contribution is 2.16. The smallest absolute Gasteiger partial charge is 0.329 e. The number of urea groups is 1. The predicted molar refractivity (Wildman–Crippen MR) is 71.5 cm³/mol. The maximum atomic E-state index is 11.9. The lowest BCUT2D eigenvalue weighted by Gasteiger charge is -2.31. The molecule has 0 radical (unpaired) electrons. The molecule has 2 rings (SSSR count). The number of ether oxygens (including phenoxy) is 1. The van der Waals surface area contributed by atoms with Gasteiger partial charge in [0, 0.05) is 18.5 Å². The second-order valence-electron chi connectivity index (χ2n) is 4.33. The number of nitrogens with one attached hydrogen (secondary N) is 1. The summed E-state index contributed by atoms with van der Waals surface area (Å²) in [6.07, 6.45) is 1.27. The highest BCUT2D eigenvalue weighted by Gasteiger charge is 2.23. The van der Waals surface area contributed by atoms with Crippen molar-refractivity contribution in [1.82, 2.24) is 4.90 Å². The van der Waals surface area contributed by atoms with E-state index in [0.29, 0.717) is 25.9 Å². The molecule has 0 unspecified atom stereocenters. The van der Waals surface area contributed by atoms with Gasteiger partial charge < -0.3 is 20.1 Å². The van der Waals surface area contributed by atoms with Crippen LogP contribution in [0.3, 0.4) is 0 Å². The van der Waals surface area contributed by atoms with Crippen LogP contribution >= 0.6 is 11.3 Å². The molecule has 7 heteroatoms. The summed E-state index contributed by atoms with van der Waals surface area (Å²) in [5, 5.41) is 15.1. The van der Waals surface area contributed by atoms with Crippen LogP contribution in [0.4, 0.5) is 10.5 Å². The van der Waals surface area contributed by atoms with E-state index in [0.717, 1.165) is 5.69 Å². The Bertz CT molecular complexity index is 427. The quantitative estimate of drug-likeness (QED) is 0.884. The minimum atomic E-state index is -0.961. The van der Waals surface area contributed by atoms with Gasteiger partial charge >= 0.3 is 12.0 Å². The van der Waals surface area contributed by atoms with Crippen molar-refractivity contribution < 1.29 is 19.4 Å². The molecule has 19 heavy (non-hydrogen) atoms. The zero-order valence-electron chi connectivity index (χ0n) is 10.4. The highest BCUT2D eigenvalue weighted by atomic mass is 32.1. The van der Waals surface area contributed by atoms with Crippen LogP contribution in [0, 0.1) is 0 Å². The molecule has 2 heterocycles. The number of carboxylic acid groups (broad SMARTS) is 1. The van der Waals surface area contributed by atoms with Crippen molar-refractivity contribution in [3.8, 4) is 0 Å². The van der Waals surface area contributed by atoms with E-state index in [9.17, 15) is 9.59 Å². The second kappa shape index (κ2) is 6.53. The molecule has 0 aromatic carbocycles.